The zero-order valence-electron chi connectivity index (χ0n) is 35.4. The highest BCUT2D eigenvalue weighted by Gasteiger charge is 2.40. The summed E-state index contributed by atoms with van der Waals surface area (Å²) in [5, 5.41) is 21.7. The summed E-state index contributed by atoms with van der Waals surface area (Å²) in [6.45, 7) is 6.73. The number of nitrogens with one attached hydrogen (secondary N) is 2. The maximum Gasteiger partial charge on any atom is 0.290 e. The lowest BCUT2D eigenvalue weighted by molar-refractivity contribution is -0.137. The average molecular weight is 873 g/mol. The lowest BCUT2D eigenvalue weighted by Crippen LogP contribution is -2.53. The molecule has 4 amide bonds. The van der Waals surface area contributed by atoms with E-state index in [1.807, 2.05) is 20.7 Å². The molecule has 0 bridgehead atoms. The minimum atomic E-state index is -3.10. The zero-order valence-corrected chi connectivity index (χ0v) is 35.4. The van der Waals surface area contributed by atoms with Crippen LogP contribution in [-0.2, 0) is 32.3 Å². The van der Waals surface area contributed by atoms with Gasteiger partial charge in [-0.2, -0.15) is 13.9 Å². The Morgan fingerprint density at radius 3 is 2.32 bits per heavy atom. The van der Waals surface area contributed by atoms with E-state index in [-0.39, 0.29) is 54.1 Å². The van der Waals surface area contributed by atoms with E-state index in [4.69, 9.17) is 5.10 Å². The molecule has 5 aliphatic rings. The van der Waals surface area contributed by atoms with Crippen molar-refractivity contribution in [2.24, 2.45) is 5.92 Å². The molecule has 2 atom stereocenters. The van der Waals surface area contributed by atoms with Crippen LogP contribution in [-0.4, -0.2) is 98.6 Å². The van der Waals surface area contributed by atoms with Gasteiger partial charge >= 0.3 is 0 Å². The number of alkyl halides is 2. The third kappa shape index (κ3) is 8.53. The Labute approximate surface area is 362 Å². The number of piperidine rings is 1. The van der Waals surface area contributed by atoms with Gasteiger partial charge in [-0.25, -0.2) is 13.8 Å². The molecule has 3 aliphatic heterocycles. The van der Waals surface area contributed by atoms with Gasteiger partial charge in [0.1, 0.15) is 23.0 Å². The molecule has 5 heterocycles. The lowest BCUT2D eigenvalue weighted by Gasteiger charge is -2.42. The number of aryl methyl sites for hydroxylation is 1. The van der Waals surface area contributed by atoms with E-state index >= 15 is 8.78 Å². The number of aromatic nitrogens is 3. The van der Waals surface area contributed by atoms with Crippen molar-refractivity contribution in [3.63, 3.8) is 0 Å². The Hall–Kier alpha value is -5.42. The molecule has 1 saturated carbocycles. The largest absolute Gasteiger partial charge is 0.386 e. The van der Waals surface area contributed by atoms with Crippen molar-refractivity contribution in [2.45, 2.75) is 108 Å². The number of piperazine rings is 1. The average Bonchev–Trinajstić information content (AvgIpc) is 3.91. The monoisotopic (exact) mass is 872 g/mol. The first-order valence-electron chi connectivity index (χ1n) is 22.1. The highest BCUT2D eigenvalue weighted by Crippen LogP contribution is 2.40. The second-order valence-electron chi connectivity index (χ2n) is 18.4. The third-order valence-electron chi connectivity index (χ3n) is 13.8. The third-order valence-corrected chi connectivity index (χ3v) is 13.8. The van der Waals surface area contributed by atoms with Crippen LogP contribution in [0.3, 0.4) is 0 Å². The van der Waals surface area contributed by atoms with Crippen LogP contribution in [0, 0.1) is 17.6 Å². The fourth-order valence-corrected chi connectivity index (χ4v) is 10.3. The summed E-state index contributed by atoms with van der Waals surface area (Å²) in [5.41, 5.74) is 0.0612. The maximum atomic E-state index is 15.2. The molecule has 9 rings (SSSR count). The number of pyridine rings is 1. The first-order valence-corrected chi connectivity index (χ1v) is 22.1. The molecule has 2 aromatic carbocycles. The summed E-state index contributed by atoms with van der Waals surface area (Å²) in [5.74, 6) is -7.90. The van der Waals surface area contributed by atoms with Crippen molar-refractivity contribution >= 4 is 45.9 Å². The molecule has 334 valence electrons. The number of nitrogens with zero attached hydrogens (tertiary/aromatic N) is 6. The number of fused-ring (bicyclic) bond motifs is 2. The van der Waals surface area contributed by atoms with Crippen molar-refractivity contribution in [1.29, 1.82) is 0 Å². The molecule has 17 heteroatoms. The number of benzene rings is 2. The van der Waals surface area contributed by atoms with Crippen LogP contribution in [0.25, 0.3) is 10.9 Å². The van der Waals surface area contributed by atoms with Crippen LogP contribution >= 0.6 is 0 Å². The van der Waals surface area contributed by atoms with E-state index in [2.05, 4.69) is 20.5 Å². The van der Waals surface area contributed by atoms with Crippen LogP contribution in [0.5, 0.6) is 0 Å². The number of imide groups is 1. The molecule has 0 radical (unpaired) electrons. The van der Waals surface area contributed by atoms with Crippen molar-refractivity contribution in [3.8, 4) is 0 Å². The van der Waals surface area contributed by atoms with Gasteiger partial charge in [-0.1, -0.05) is 6.07 Å². The fraction of sp³-hybridized carbons (Fsp3) is 0.522. The molecule has 13 nitrogen and oxygen atoms in total. The first kappa shape index (κ1) is 42.9. The van der Waals surface area contributed by atoms with Gasteiger partial charge in [-0.3, -0.25) is 34.1 Å². The Morgan fingerprint density at radius 1 is 0.905 bits per heavy atom. The second-order valence-corrected chi connectivity index (χ2v) is 18.4. The van der Waals surface area contributed by atoms with Gasteiger partial charge in [0.25, 0.3) is 11.8 Å². The molecule has 2 aromatic heterocycles. The standard InChI is InChI=1S/C46H52F4N8O5/c1-45(2,63)33-23-37-28(20-38(33)52-43(61)36-11-5-26-4-3-14-46(49,50)41(26)51-36)25-58(54-37)30-8-6-29(7-9-30)55-16-18-56(19-17-55)44(62)27-13-15-57(24-27)31-21-34(47)40(35(48)22-31)32-10-12-39(59)53-42(32)60/h5,11,20-23,25,27,29-30,32,63H,3-4,6-10,12-19,24H2,1-2H3,(H,52,61)(H,53,59,60)/t27-,29?,30?,32-/m1/s1. The smallest absolute Gasteiger partial charge is 0.290 e. The maximum absolute atomic E-state index is 15.2. The number of carbonyl (C=O) groups excluding carboxylic acids is 4. The summed E-state index contributed by atoms with van der Waals surface area (Å²) >= 11 is 0. The van der Waals surface area contributed by atoms with Crippen LogP contribution in [0.15, 0.2) is 42.6 Å². The fourth-order valence-electron chi connectivity index (χ4n) is 10.3. The molecule has 63 heavy (non-hydrogen) atoms. The van der Waals surface area contributed by atoms with Gasteiger partial charge in [0.2, 0.25) is 17.7 Å². The van der Waals surface area contributed by atoms with Crippen LogP contribution in [0.4, 0.5) is 28.9 Å². The van der Waals surface area contributed by atoms with E-state index in [0.717, 1.165) is 44.2 Å². The second kappa shape index (κ2) is 16.6. The molecular formula is C46H52F4N8O5. The van der Waals surface area contributed by atoms with E-state index in [9.17, 15) is 33.1 Å². The number of anilines is 2. The van der Waals surface area contributed by atoms with E-state index in [1.54, 1.807) is 32.0 Å². The molecule has 2 aliphatic carbocycles. The van der Waals surface area contributed by atoms with Gasteiger partial charge in [0, 0.05) is 92.2 Å². The van der Waals surface area contributed by atoms with E-state index < -0.39 is 46.8 Å². The highest BCUT2D eigenvalue weighted by molar-refractivity contribution is 6.04. The molecular weight excluding hydrogens is 821 g/mol. The van der Waals surface area contributed by atoms with E-state index in [1.165, 1.54) is 18.2 Å². The molecule has 0 spiro atoms. The van der Waals surface area contributed by atoms with Crippen LogP contribution in [0.1, 0.15) is 116 Å². The van der Waals surface area contributed by atoms with E-state index in [0.29, 0.717) is 79.5 Å². The number of rotatable bonds is 8. The summed E-state index contributed by atoms with van der Waals surface area (Å²) in [4.78, 5) is 61.2. The van der Waals surface area contributed by atoms with Crippen molar-refractivity contribution in [3.05, 3.63) is 82.3 Å². The number of hydrogen-bond acceptors (Lipinski definition) is 9. The molecule has 3 saturated heterocycles. The summed E-state index contributed by atoms with van der Waals surface area (Å²) in [6, 6.07) is 9.46. The Bertz CT molecular complexity index is 2450. The molecule has 0 unspecified atom stereocenters. The van der Waals surface area contributed by atoms with Crippen molar-refractivity contribution in [1.82, 2.24) is 29.9 Å². The first-order chi connectivity index (χ1) is 30.0. The zero-order chi connectivity index (χ0) is 44.4. The van der Waals surface area contributed by atoms with Gasteiger partial charge in [0.05, 0.1) is 29.0 Å². The summed E-state index contributed by atoms with van der Waals surface area (Å²) < 4.78 is 61.8. The van der Waals surface area contributed by atoms with Crippen molar-refractivity contribution in [2.75, 3.05) is 49.5 Å². The Balaban J connectivity index is 0.785. The highest BCUT2D eigenvalue weighted by atomic mass is 19.3. The minimum absolute atomic E-state index is 0.0148. The minimum Gasteiger partial charge on any atom is -0.386 e. The number of carbonyl (C=O) groups is 4. The molecule has 4 fully saturated rings. The van der Waals surface area contributed by atoms with Gasteiger partial charge in [-0.15, -0.1) is 0 Å². The molecule has 3 N–H and O–H groups in total. The number of amides is 4. The Morgan fingerprint density at radius 2 is 1.62 bits per heavy atom. The number of aliphatic hydroxyl groups is 1. The van der Waals surface area contributed by atoms with Gasteiger partial charge in [0.15, 0.2) is 0 Å². The summed E-state index contributed by atoms with van der Waals surface area (Å²) in [7, 11) is 0. The predicted molar refractivity (Wildman–Crippen MR) is 225 cm³/mol. The number of hydrogen-bond donors (Lipinski definition) is 3. The topological polar surface area (TPSA) is 153 Å². The number of halogens is 4. The predicted octanol–water partition coefficient (Wildman–Crippen LogP) is 6.29. The summed E-state index contributed by atoms with van der Waals surface area (Å²) in [6.07, 6.45) is 6.78. The van der Waals surface area contributed by atoms with Gasteiger partial charge in [-0.05, 0) is 101 Å². The normalized spacial score (nSPS) is 24.4. The Kier molecular flexibility index (Phi) is 11.3. The van der Waals surface area contributed by atoms with Gasteiger partial charge < -0.3 is 20.2 Å². The van der Waals surface area contributed by atoms with Crippen LogP contribution in [0.2, 0.25) is 0 Å². The van der Waals surface area contributed by atoms with Crippen LogP contribution < -0.4 is 15.5 Å². The SMILES string of the molecule is CC(C)(O)c1cc2nn(C3CCC(N4CCN(C(=O)[C@@H]5CCN(c6cc(F)c([C@H]7CCC(=O)NC7=O)c(F)c6)C5)CC4)CC3)cc2cc1NC(=O)c1ccc2c(n1)C(F)(F)CCC2. The lowest BCUT2D eigenvalue weighted by atomic mass is 9.89. The van der Waals surface area contributed by atoms with Crippen molar-refractivity contribution < 1.29 is 41.8 Å². The molecule has 4 aromatic rings. The quantitative estimate of drug-likeness (QED) is 0.137.